The van der Waals surface area contributed by atoms with Crippen molar-refractivity contribution in [2.24, 2.45) is 0 Å². The smallest absolute Gasteiger partial charge is 0.259 e. The van der Waals surface area contributed by atoms with E-state index >= 15 is 0 Å². The summed E-state index contributed by atoms with van der Waals surface area (Å²) in [5.41, 5.74) is 1.07. The van der Waals surface area contributed by atoms with Crippen LogP contribution in [0.3, 0.4) is 0 Å². The molecule has 1 N–H and O–H groups in total. The minimum Gasteiger partial charge on any atom is -0.491 e. The van der Waals surface area contributed by atoms with Crippen LogP contribution in [0.4, 0.5) is 5.69 Å². The van der Waals surface area contributed by atoms with E-state index in [0.29, 0.717) is 55.8 Å². The van der Waals surface area contributed by atoms with Gasteiger partial charge in [-0.25, -0.2) is 0 Å². The number of hydrogen-bond acceptors (Lipinski definition) is 5. The van der Waals surface area contributed by atoms with Crippen LogP contribution in [0.1, 0.15) is 17.3 Å². The largest absolute Gasteiger partial charge is 0.491 e. The lowest BCUT2D eigenvalue weighted by atomic mass is 10.2. The quantitative estimate of drug-likeness (QED) is 0.535. The van der Waals surface area contributed by atoms with Gasteiger partial charge in [-0.1, -0.05) is 22.0 Å². The summed E-state index contributed by atoms with van der Waals surface area (Å²) in [6.45, 7) is 4.37. The van der Waals surface area contributed by atoms with Gasteiger partial charge in [-0.15, -0.1) is 0 Å². The molecule has 6 nitrogen and oxygen atoms in total. The first-order valence-corrected chi connectivity index (χ1v) is 9.46. The van der Waals surface area contributed by atoms with Gasteiger partial charge in [0.15, 0.2) is 0 Å². The Morgan fingerprint density at radius 2 is 1.85 bits per heavy atom. The summed E-state index contributed by atoms with van der Waals surface area (Å²) in [6.07, 6.45) is 0. The molecule has 0 heterocycles. The van der Waals surface area contributed by atoms with Crippen molar-refractivity contribution in [3.8, 4) is 11.5 Å². The molecule has 0 fully saturated rings. The minimum absolute atomic E-state index is 0.268. The van der Waals surface area contributed by atoms with Gasteiger partial charge < -0.3 is 24.3 Å². The van der Waals surface area contributed by atoms with Gasteiger partial charge in [-0.3, -0.25) is 4.79 Å². The predicted molar refractivity (Wildman–Crippen MR) is 108 cm³/mol. The van der Waals surface area contributed by atoms with Gasteiger partial charge in [0.25, 0.3) is 5.91 Å². The minimum atomic E-state index is -0.268. The third kappa shape index (κ3) is 7.21. The molecule has 0 aromatic heterocycles. The number of anilines is 1. The van der Waals surface area contributed by atoms with Gasteiger partial charge in [0.2, 0.25) is 0 Å². The summed E-state index contributed by atoms with van der Waals surface area (Å²) in [4.78, 5) is 12.7. The molecule has 27 heavy (non-hydrogen) atoms. The van der Waals surface area contributed by atoms with E-state index in [4.69, 9.17) is 18.9 Å². The molecule has 7 heteroatoms. The number of nitrogens with one attached hydrogen (secondary N) is 1. The van der Waals surface area contributed by atoms with E-state index in [2.05, 4.69) is 21.2 Å². The molecular formula is C20H24BrNO5. The van der Waals surface area contributed by atoms with E-state index < -0.39 is 0 Å². The highest BCUT2D eigenvalue weighted by molar-refractivity contribution is 9.10. The number of ether oxygens (including phenoxy) is 4. The highest BCUT2D eigenvalue weighted by Crippen LogP contribution is 2.25. The van der Waals surface area contributed by atoms with Crippen LogP contribution in [0.25, 0.3) is 0 Å². The van der Waals surface area contributed by atoms with Crippen LogP contribution in [0, 0.1) is 0 Å². The first kappa shape index (κ1) is 21.2. The van der Waals surface area contributed by atoms with Gasteiger partial charge in [0.1, 0.15) is 24.7 Å². The van der Waals surface area contributed by atoms with Crippen molar-refractivity contribution in [2.75, 3.05) is 45.5 Å². The first-order chi connectivity index (χ1) is 13.1. The van der Waals surface area contributed by atoms with E-state index in [1.807, 2.05) is 25.1 Å². The number of hydrogen-bond donors (Lipinski definition) is 1. The molecule has 0 radical (unpaired) electrons. The Morgan fingerprint density at radius 3 is 2.63 bits per heavy atom. The molecule has 0 atom stereocenters. The van der Waals surface area contributed by atoms with Gasteiger partial charge in [-0.05, 0) is 37.3 Å². The third-order valence-corrected chi connectivity index (χ3v) is 4.02. The second kappa shape index (κ2) is 11.6. The Hall–Kier alpha value is -2.09. The zero-order valence-electron chi connectivity index (χ0n) is 15.5. The van der Waals surface area contributed by atoms with Crippen molar-refractivity contribution in [3.05, 3.63) is 52.5 Å². The molecule has 2 aromatic rings. The standard InChI is InChI=1S/C20H24BrNO5/c1-3-25-10-12-26-17-6-4-5-16(14-17)22-20(23)18-13-15(21)7-8-19(18)27-11-9-24-2/h4-8,13-14H,3,9-12H2,1-2H3,(H,22,23). The summed E-state index contributed by atoms with van der Waals surface area (Å²) in [5.74, 6) is 0.894. The molecular weight excluding hydrogens is 414 g/mol. The van der Waals surface area contributed by atoms with E-state index in [9.17, 15) is 4.79 Å². The average molecular weight is 438 g/mol. The maximum Gasteiger partial charge on any atom is 0.259 e. The average Bonchev–Trinajstić information content (AvgIpc) is 2.67. The molecule has 0 saturated carbocycles. The van der Waals surface area contributed by atoms with Crippen LogP contribution in [0.5, 0.6) is 11.5 Å². The van der Waals surface area contributed by atoms with E-state index in [1.165, 1.54) is 0 Å². The molecule has 0 aliphatic rings. The number of amides is 1. The second-order valence-corrected chi connectivity index (χ2v) is 6.42. The molecule has 0 aliphatic heterocycles. The molecule has 0 unspecified atom stereocenters. The Kier molecular flexibility index (Phi) is 9.10. The Bertz CT molecular complexity index is 738. The van der Waals surface area contributed by atoms with Crippen LogP contribution in [0.15, 0.2) is 46.9 Å². The monoisotopic (exact) mass is 437 g/mol. The Balaban J connectivity index is 2.05. The highest BCUT2D eigenvalue weighted by Gasteiger charge is 2.14. The van der Waals surface area contributed by atoms with Gasteiger partial charge >= 0.3 is 0 Å². The van der Waals surface area contributed by atoms with Crippen molar-refractivity contribution in [2.45, 2.75) is 6.92 Å². The number of methoxy groups -OCH3 is 1. The van der Waals surface area contributed by atoms with E-state index in [0.717, 1.165) is 4.47 Å². The molecule has 0 spiro atoms. The lowest BCUT2D eigenvalue weighted by molar-refractivity contribution is 0.101. The molecule has 0 saturated heterocycles. The summed E-state index contributed by atoms with van der Waals surface area (Å²) in [5, 5.41) is 2.88. The van der Waals surface area contributed by atoms with Crippen molar-refractivity contribution in [3.63, 3.8) is 0 Å². The van der Waals surface area contributed by atoms with Crippen LogP contribution >= 0.6 is 15.9 Å². The van der Waals surface area contributed by atoms with Crippen molar-refractivity contribution >= 4 is 27.5 Å². The molecule has 0 aliphatic carbocycles. The number of benzene rings is 2. The maximum atomic E-state index is 12.7. The van der Waals surface area contributed by atoms with Crippen molar-refractivity contribution in [1.82, 2.24) is 0 Å². The summed E-state index contributed by atoms with van der Waals surface area (Å²) < 4.78 is 22.3. The Labute approximate surface area is 167 Å². The summed E-state index contributed by atoms with van der Waals surface area (Å²) >= 11 is 3.39. The number of carbonyl (C=O) groups is 1. The zero-order chi connectivity index (χ0) is 19.5. The lowest BCUT2D eigenvalue weighted by Crippen LogP contribution is -2.15. The van der Waals surface area contributed by atoms with Gasteiger partial charge in [-0.2, -0.15) is 0 Å². The number of rotatable bonds is 11. The molecule has 1 amide bonds. The first-order valence-electron chi connectivity index (χ1n) is 8.67. The topological polar surface area (TPSA) is 66.0 Å². The van der Waals surface area contributed by atoms with Crippen LogP contribution in [-0.2, 0) is 9.47 Å². The Morgan fingerprint density at radius 1 is 1.04 bits per heavy atom. The number of carbonyl (C=O) groups excluding carboxylic acids is 1. The van der Waals surface area contributed by atoms with Crippen LogP contribution < -0.4 is 14.8 Å². The fourth-order valence-corrected chi connectivity index (χ4v) is 2.63. The second-order valence-electron chi connectivity index (χ2n) is 5.51. The number of halogens is 1. The van der Waals surface area contributed by atoms with Crippen LogP contribution in [-0.4, -0.2) is 46.1 Å². The summed E-state index contributed by atoms with van der Waals surface area (Å²) in [6, 6.07) is 12.5. The zero-order valence-corrected chi connectivity index (χ0v) is 17.1. The van der Waals surface area contributed by atoms with Crippen LogP contribution in [0.2, 0.25) is 0 Å². The normalized spacial score (nSPS) is 10.5. The van der Waals surface area contributed by atoms with Crippen molar-refractivity contribution in [1.29, 1.82) is 0 Å². The molecule has 2 aromatic carbocycles. The van der Waals surface area contributed by atoms with Gasteiger partial charge in [0.05, 0.1) is 18.8 Å². The molecule has 2 rings (SSSR count). The van der Waals surface area contributed by atoms with Crippen molar-refractivity contribution < 1.29 is 23.7 Å². The van der Waals surface area contributed by atoms with Gasteiger partial charge in [0, 0.05) is 29.9 Å². The molecule has 0 bridgehead atoms. The SMILES string of the molecule is CCOCCOc1cccc(NC(=O)c2cc(Br)ccc2OCCOC)c1. The summed E-state index contributed by atoms with van der Waals surface area (Å²) in [7, 11) is 1.60. The molecule has 146 valence electrons. The highest BCUT2D eigenvalue weighted by atomic mass is 79.9. The fraction of sp³-hybridized carbons (Fsp3) is 0.350. The fourth-order valence-electron chi connectivity index (χ4n) is 2.27. The third-order valence-electron chi connectivity index (χ3n) is 3.52. The van der Waals surface area contributed by atoms with E-state index in [-0.39, 0.29) is 5.91 Å². The van der Waals surface area contributed by atoms with E-state index in [1.54, 1.807) is 31.4 Å². The maximum absolute atomic E-state index is 12.7. The predicted octanol–water partition coefficient (Wildman–Crippen LogP) is 4.14. The lowest BCUT2D eigenvalue weighted by Gasteiger charge is -2.13.